The standard InChI is InChI=1S/C16H17FN4O/c17-13-2-1-3-14(12(13)10-18)21-8-4-11(5-9-21)15(22)16-19-6-7-20-16/h1-3,6-7,11,15,22H,4-5,8-9H2,(H,19,20)/t15-/m0/s1. The molecule has 1 aromatic carbocycles. The van der Waals surface area contributed by atoms with Gasteiger partial charge in [-0.15, -0.1) is 0 Å². The zero-order valence-corrected chi connectivity index (χ0v) is 12.0. The molecule has 1 fully saturated rings. The van der Waals surface area contributed by atoms with Gasteiger partial charge in [0.15, 0.2) is 0 Å². The van der Waals surface area contributed by atoms with E-state index in [9.17, 15) is 9.50 Å². The average Bonchev–Trinajstić information content (AvgIpc) is 3.08. The Bertz CT molecular complexity index is 672. The summed E-state index contributed by atoms with van der Waals surface area (Å²) in [5, 5.41) is 19.4. The van der Waals surface area contributed by atoms with Gasteiger partial charge in [0, 0.05) is 25.5 Å². The van der Waals surface area contributed by atoms with Crippen molar-refractivity contribution in [1.82, 2.24) is 9.97 Å². The Morgan fingerprint density at radius 2 is 2.18 bits per heavy atom. The van der Waals surface area contributed by atoms with Crippen LogP contribution in [-0.2, 0) is 0 Å². The van der Waals surface area contributed by atoms with Crippen LogP contribution in [0.2, 0.25) is 0 Å². The minimum Gasteiger partial charge on any atom is -0.385 e. The van der Waals surface area contributed by atoms with Gasteiger partial charge in [-0.1, -0.05) is 6.07 Å². The molecule has 2 aromatic rings. The Labute approximate surface area is 128 Å². The molecule has 1 aliphatic rings. The fraction of sp³-hybridized carbons (Fsp3) is 0.375. The highest BCUT2D eigenvalue weighted by atomic mass is 19.1. The normalized spacial score (nSPS) is 17.2. The number of aliphatic hydroxyl groups is 1. The number of hydrogen-bond acceptors (Lipinski definition) is 4. The Balaban J connectivity index is 1.70. The molecule has 2 heterocycles. The topological polar surface area (TPSA) is 75.9 Å². The van der Waals surface area contributed by atoms with Crippen molar-refractivity contribution < 1.29 is 9.50 Å². The molecule has 1 aromatic heterocycles. The van der Waals surface area contributed by atoms with Crippen molar-refractivity contribution in [2.24, 2.45) is 5.92 Å². The van der Waals surface area contributed by atoms with Crippen molar-refractivity contribution in [2.75, 3.05) is 18.0 Å². The molecule has 0 radical (unpaired) electrons. The number of aromatic amines is 1. The number of halogens is 1. The number of aromatic nitrogens is 2. The summed E-state index contributed by atoms with van der Waals surface area (Å²) < 4.78 is 13.7. The summed E-state index contributed by atoms with van der Waals surface area (Å²) in [4.78, 5) is 9.04. The molecule has 0 aliphatic carbocycles. The van der Waals surface area contributed by atoms with Gasteiger partial charge in [-0.2, -0.15) is 5.26 Å². The van der Waals surface area contributed by atoms with Gasteiger partial charge >= 0.3 is 0 Å². The minimum atomic E-state index is -0.611. The first kappa shape index (κ1) is 14.5. The molecule has 6 heteroatoms. The second-order valence-electron chi connectivity index (χ2n) is 5.49. The molecule has 0 spiro atoms. The summed E-state index contributed by atoms with van der Waals surface area (Å²) >= 11 is 0. The number of benzene rings is 1. The highest BCUT2D eigenvalue weighted by Gasteiger charge is 2.28. The van der Waals surface area contributed by atoms with Gasteiger partial charge in [0.1, 0.15) is 29.4 Å². The Kier molecular flexibility index (Phi) is 4.07. The maximum Gasteiger partial charge on any atom is 0.143 e. The van der Waals surface area contributed by atoms with Crippen LogP contribution < -0.4 is 4.90 Å². The molecular weight excluding hydrogens is 283 g/mol. The second kappa shape index (κ2) is 6.16. The molecule has 0 amide bonds. The van der Waals surface area contributed by atoms with E-state index in [4.69, 9.17) is 5.26 Å². The SMILES string of the molecule is N#Cc1c(F)cccc1N1CCC([C@H](O)c2ncc[nH]2)CC1. The highest BCUT2D eigenvalue weighted by molar-refractivity contribution is 5.60. The summed E-state index contributed by atoms with van der Waals surface area (Å²) in [6.07, 6.45) is 4.24. The van der Waals surface area contributed by atoms with Crippen LogP contribution in [0.5, 0.6) is 0 Å². The predicted octanol–water partition coefficient (Wildman–Crippen LogP) is 2.37. The van der Waals surface area contributed by atoms with E-state index in [0.717, 1.165) is 12.8 Å². The Morgan fingerprint density at radius 3 is 2.82 bits per heavy atom. The molecule has 5 nitrogen and oxygen atoms in total. The first-order chi connectivity index (χ1) is 10.7. The molecule has 1 atom stereocenters. The molecule has 0 bridgehead atoms. The van der Waals surface area contributed by atoms with E-state index in [1.807, 2.05) is 11.0 Å². The number of imidazole rings is 1. The molecule has 114 valence electrons. The van der Waals surface area contributed by atoms with Crippen molar-refractivity contribution in [1.29, 1.82) is 5.26 Å². The summed E-state index contributed by atoms with van der Waals surface area (Å²) in [7, 11) is 0. The van der Waals surface area contributed by atoms with Crippen molar-refractivity contribution in [3.05, 3.63) is 47.8 Å². The van der Waals surface area contributed by atoms with Gasteiger partial charge < -0.3 is 15.0 Å². The summed E-state index contributed by atoms with van der Waals surface area (Å²) in [6.45, 7) is 1.36. The monoisotopic (exact) mass is 300 g/mol. The summed E-state index contributed by atoms with van der Waals surface area (Å²) in [5.41, 5.74) is 0.723. The lowest BCUT2D eigenvalue weighted by Crippen LogP contribution is -2.36. The first-order valence-corrected chi connectivity index (χ1v) is 7.31. The van der Waals surface area contributed by atoms with E-state index >= 15 is 0 Å². The van der Waals surface area contributed by atoms with Crippen LogP contribution in [0.1, 0.15) is 30.3 Å². The van der Waals surface area contributed by atoms with Crippen LogP contribution >= 0.6 is 0 Å². The van der Waals surface area contributed by atoms with E-state index in [-0.39, 0.29) is 11.5 Å². The smallest absolute Gasteiger partial charge is 0.143 e. The maximum absolute atomic E-state index is 13.7. The van der Waals surface area contributed by atoms with Crippen molar-refractivity contribution >= 4 is 5.69 Å². The third-order valence-corrected chi connectivity index (χ3v) is 4.23. The molecule has 3 rings (SSSR count). The zero-order valence-electron chi connectivity index (χ0n) is 12.0. The van der Waals surface area contributed by atoms with Crippen molar-refractivity contribution in [3.8, 4) is 6.07 Å². The lowest BCUT2D eigenvalue weighted by molar-refractivity contribution is 0.0857. The number of H-pyrrole nitrogens is 1. The van der Waals surface area contributed by atoms with Crippen molar-refractivity contribution in [2.45, 2.75) is 18.9 Å². The minimum absolute atomic E-state index is 0.0903. The zero-order chi connectivity index (χ0) is 15.5. The maximum atomic E-state index is 13.7. The highest BCUT2D eigenvalue weighted by Crippen LogP contribution is 2.32. The van der Waals surface area contributed by atoms with E-state index in [0.29, 0.717) is 24.6 Å². The molecule has 0 unspecified atom stereocenters. The number of hydrogen-bond donors (Lipinski definition) is 2. The van der Waals surface area contributed by atoms with Crippen LogP contribution in [0, 0.1) is 23.1 Å². The molecule has 1 saturated heterocycles. The molecule has 1 aliphatic heterocycles. The molecule has 0 saturated carbocycles. The van der Waals surface area contributed by atoms with Crippen LogP contribution in [0.25, 0.3) is 0 Å². The van der Waals surface area contributed by atoms with E-state index < -0.39 is 11.9 Å². The largest absolute Gasteiger partial charge is 0.385 e. The van der Waals surface area contributed by atoms with E-state index in [2.05, 4.69) is 9.97 Å². The predicted molar refractivity (Wildman–Crippen MR) is 79.6 cm³/mol. The van der Waals surface area contributed by atoms with Gasteiger partial charge in [-0.3, -0.25) is 0 Å². The number of rotatable bonds is 3. The van der Waals surface area contributed by atoms with Crippen molar-refractivity contribution in [3.63, 3.8) is 0 Å². The van der Waals surface area contributed by atoms with Gasteiger partial charge in [0.25, 0.3) is 0 Å². The van der Waals surface area contributed by atoms with Gasteiger partial charge in [0.05, 0.1) is 5.69 Å². The molecular formula is C16H17FN4O. The Morgan fingerprint density at radius 1 is 1.41 bits per heavy atom. The summed E-state index contributed by atoms with van der Waals surface area (Å²) in [6, 6.07) is 6.63. The number of nitriles is 1. The third kappa shape index (κ3) is 2.68. The van der Waals surface area contributed by atoms with Gasteiger partial charge in [0.2, 0.25) is 0 Å². The van der Waals surface area contributed by atoms with E-state index in [1.54, 1.807) is 24.5 Å². The number of piperidine rings is 1. The Hall–Kier alpha value is -2.39. The number of nitrogens with one attached hydrogen (secondary N) is 1. The second-order valence-corrected chi connectivity index (χ2v) is 5.49. The lowest BCUT2D eigenvalue weighted by Gasteiger charge is -2.35. The quantitative estimate of drug-likeness (QED) is 0.912. The number of nitrogens with zero attached hydrogens (tertiary/aromatic N) is 3. The number of anilines is 1. The summed E-state index contributed by atoms with van der Waals surface area (Å²) in [5.74, 6) is 0.209. The fourth-order valence-electron chi connectivity index (χ4n) is 3.01. The van der Waals surface area contributed by atoms with Crippen LogP contribution in [0.15, 0.2) is 30.6 Å². The van der Waals surface area contributed by atoms with E-state index in [1.165, 1.54) is 6.07 Å². The van der Waals surface area contributed by atoms with Gasteiger partial charge in [-0.25, -0.2) is 9.37 Å². The number of aliphatic hydroxyl groups excluding tert-OH is 1. The fourth-order valence-corrected chi connectivity index (χ4v) is 3.01. The molecule has 2 N–H and O–H groups in total. The lowest BCUT2D eigenvalue weighted by atomic mass is 9.90. The van der Waals surface area contributed by atoms with Crippen LogP contribution in [0.4, 0.5) is 10.1 Å². The van der Waals surface area contributed by atoms with Crippen LogP contribution in [-0.4, -0.2) is 28.2 Å². The average molecular weight is 300 g/mol. The molecule has 22 heavy (non-hydrogen) atoms. The van der Waals surface area contributed by atoms with Crippen LogP contribution in [0.3, 0.4) is 0 Å². The van der Waals surface area contributed by atoms with Gasteiger partial charge in [-0.05, 0) is 30.9 Å². The third-order valence-electron chi connectivity index (χ3n) is 4.23. The first-order valence-electron chi connectivity index (χ1n) is 7.31.